The molecule has 2 N–H and O–H groups in total. The Labute approximate surface area is 97.3 Å². The molecule has 0 radical (unpaired) electrons. The van der Waals surface area contributed by atoms with E-state index in [9.17, 15) is 9.79 Å². The van der Waals surface area contributed by atoms with Crippen molar-refractivity contribution in [2.24, 2.45) is 0 Å². The van der Waals surface area contributed by atoms with Crippen molar-refractivity contribution < 1.29 is 14.3 Å². The molecule has 4 heteroatoms. The van der Waals surface area contributed by atoms with Gasteiger partial charge in [0.1, 0.15) is 0 Å². The Balaban J connectivity index is 3.18. The second kappa shape index (κ2) is 4.80. The molecule has 0 atom stereocenters. The predicted octanol–water partition coefficient (Wildman–Crippen LogP) is 2.35. The van der Waals surface area contributed by atoms with Crippen LogP contribution in [-0.2, 0) is 4.52 Å². The van der Waals surface area contributed by atoms with Crippen LogP contribution >= 0.6 is 7.28 Å². The van der Waals surface area contributed by atoms with Gasteiger partial charge in [-0.15, -0.1) is 0 Å². The van der Waals surface area contributed by atoms with Gasteiger partial charge >= 0.3 is 96.7 Å². The average Bonchev–Trinajstić information content (AvgIpc) is 2.27. The molecule has 0 saturated heterocycles. The standard InChI is InChI=1S/C12H21O3P/c1-4-10-15-16(13,14,5-2)12-9-7-6-8-11(12)3/h6-9,13-14H,4-5,10H2,1-3H3. The fraction of sp³-hybridized carbons (Fsp3) is 0.500. The number of hydrogen-bond donors (Lipinski definition) is 2. The Bertz CT molecular complexity index is 363. The Hall–Kier alpha value is -0.470. The molecule has 1 aromatic carbocycles. The van der Waals surface area contributed by atoms with Gasteiger partial charge in [-0.3, -0.25) is 0 Å². The van der Waals surface area contributed by atoms with Crippen molar-refractivity contribution in [2.75, 3.05) is 12.8 Å². The summed E-state index contributed by atoms with van der Waals surface area (Å²) in [5, 5.41) is 0.546. The molecule has 0 aliphatic heterocycles. The zero-order valence-electron chi connectivity index (χ0n) is 10.2. The number of rotatable bonds is 5. The fourth-order valence-electron chi connectivity index (χ4n) is 1.68. The van der Waals surface area contributed by atoms with E-state index in [4.69, 9.17) is 4.52 Å². The maximum absolute atomic E-state index is 10.5. The number of aryl methyl sites for hydroxylation is 1. The van der Waals surface area contributed by atoms with Gasteiger partial charge in [0, 0.05) is 0 Å². The summed E-state index contributed by atoms with van der Waals surface area (Å²) in [6.45, 7) is 5.94. The molecule has 0 aliphatic carbocycles. The van der Waals surface area contributed by atoms with Crippen molar-refractivity contribution in [3.05, 3.63) is 29.8 Å². The maximum atomic E-state index is 10.5. The van der Waals surface area contributed by atoms with Crippen molar-refractivity contribution in [1.29, 1.82) is 0 Å². The van der Waals surface area contributed by atoms with E-state index in [1.165, 1.54) is 0 Å². The normalized spacial score (nSPS) is 14.4. The van der Waals surface area contributed by atoms with Crippen LogP contribution in [0.15, 0.2) is 24.3 Å². The third-order valence-corrected chi connectivity index (χ3v) is 6.07. The topological polar surface area (TPSA) is 49.7 Å². The second-order valence-corrected chi connectivity index (χ2v) is 7.65. The molecule has 1 rings (SSSR count). The second-order valence-electron chi connectivity index (χ2n) is 4.05. The van der Waals surface area contributed by atoms with E-state index in [2.05, 4.69) is 0 Å². The quantitative estimate of drug-likeness (QED) is 0.782. The number of benzene rings is 1. The van der Waals surface area contributed by atoms with E-state index >= 15 is 0 Å². The van der Waals surface area contributed by atoms with E-state index in [0.29, 0.717) is 11.9 Å². The first kappa shape index (κ1) is 13.6. The van der Waals surface area contributed by atoms with E-state index in [0.717, 1.165) is 12.0 Å². The van der Waals surface area contributed by atoms with E-state index in [1.807, 2.05) is 26.0 Å². The number of hydrogen-bond acceptors (Lipinski definition) is 3. The van der Waals surface area contributed by atoms with E-state index in [1.54, 1.807) is 19.1 Å². The summed E-state index contributed by atoms with van der Waals surface area (Å²) in [4.78, 5) is 21.1. The molecule has 0 unspecified atom stereocenters. The van der Waals surface area contributed by atoms with Crippen LogP contribution in [0.25, 0.3) is 0 Å². The predicted molar refractivity (Wildman–Crippen MR) is 69.0 cm³/mol. The summed E-state index contributed by atoms with van der Waals surface area (Å²) in [7, 11) is -4.14. The summed E-state index contributed by atoms with van der Waals surface area (Å²) in [6, 6.07) is 7.30. The first-order chi connectivity index (χ1) is 7.43. The first-order valence-electron chi connectivity index (χ1n) is 5.65. The molecular formula is C12H21O3P. The van der Waals surface area contributed by atoms with Crippen molar-refractivity contribution in [1.82, 2.24) is 0 Å². The van der Waals surface area contributed by atoms with Crippen LogP contribution in [0.1, 0.15) is 25.8 Å². The van der Waals surface area contributed by atoms with Gasteiger partial charge in [0.05, 0.1) is 0 Å². The molecule has 1 aromatic rings. The van der Waals surface area contributed by atoms with Crippen LogP contribution in [0.2, 0.25) is 0 Å². The Morgan fingerprint density at radius 1 is 1.19 bits per heavy atom. The van der Waals surface area contributed by atoms with Crippen molar-refractivity contribution in [2.45, 2.75) is 27.2 Å². The molecule has 0 aromatic heterocycles. The van der Waals surface area contributed by atoms with Gasteiger partial charge in [-0.25, -0.2) is 0 Å². The van der Waals surface area contributed by atoms with Crippen LogP contribution in [0.3, 0.4) is 0 Å². The summed E-state index contributed by atoms with van der Waals surface area (Å²) in [5.41, 5.74) is 0.864. The molecule has 3 nitrogen and oxygen atoms in total. The van der Waals surface area contributed by atoms with Crippen LogP contribution in [0.5, 0.6) is 0 Å². The third-order valence-electron chi connectivity index (χ3n) is 2.74. The van der Waals surface area contributed by atoms with Gasteiger partial charge in [-0.2, -0.15) is 0 Å². The van der Waals surface area contributed by atoms with Crippen molar-refractivity contribution >= 4 is 12.6 Å². The van der Waals surface area contributed by atoms with Gasteiger partial charge < -0.3 is 0 Å². The summed E-state index contributed by atoms with van der Waals surface area (Å²) < 4.78 is 5.42. The summed E-state index contributed by atoms with van der Waals surface area (Å²) in [5.74, 6) is 0. The van der Waals surface area contributed by atoms with Gasteiger partial charge in [0.2, 0.25) is 0 Å². The molecule has 0 fully saturated rings. The van der Waals surface area contributed by atoms with Crippen molar-refractivity contribution in [3.8, 4) is 0 Å². The first-order valence-corrected chi connectivity index (χ1v) is 7.90. The molecule has 0 heterocycles. The average molecular weight is 244 g/mol. The Kier molecular flexibility index (Phi) is 4.08. The van der Waals surface area contributed by atoms with Gasteiger partial charge in [-0.05, 0) is 0 Å². The summed E-state index contributed by atoms with van der Waals surface area (Å²) >= 11 is 0. The Morgan fingerprint density at radius 2 is 1.81 bits per heavy atom. The molecule has 0 bridgehead atoms. The van der Waals surface area contributed by atoms with Gasteiger partial charge in [-0.1, -0.05) is 0 Å². The van der Waals surface area contributed by atoms with Gasteiger partial charge in [0.15, 0.2) is 0 Å². The molecule has 0 spiro atoms. The Morgan fingerprint density at radius 3 is 2.31 bits per heavy atom. The molecule has 0 amide bonds. The molecule has 0 saturated carbocycles. The van der Waals surface area contributed by atoms with Crippen LogP contribution < -0.4 is 5.30 Å². The van der Waals surface area contributed by atoms with Crippen LogP contribution in [0, 0.1) is 6.92 Å². The summed E-state index contributed by atoms with van der Waals surface area (Å²) in [6.07, 6.45) is 0.987. The molecule has 92 valence electrons. The zero-order valence-corrected chi connectivity index (χ0v) is 11.1. The van der Waals surface area contributed by atoms with Crippen LogP contribution in [0.4, 0.5) is 0 Å². The van der Waals surface area contributed by atoms with E-state index in [-0.39, 0.29) is 6.16 Å². The minimum absolute atomic E-state index is 0.219. The molecule has 0 aliphatic rings. The molecular weight excluding hydrogens is 223 g/mol. The minimum atomic E-state index is -4.14. The zero-order chi connectivity index (χ0) is 12.3. The molecule has 16 heavy (non-hydrogen) atoms. The SMILES string of the molecule is CCCOP(O)(O)(CC)c1ccccc1C. The van der Waals surface area contributed by atoms with Crippen molar-refractivity contribution in [3.63, 3.8) is 0 Å². The van der Waals surface area contributed by atoms with Crippen LogP contribution in [-0.4, -0.2) is 22.6 Å². The van der Waals surface area contributed by atoms with E-state index < -0.39 is 7.28 Å². The monoisotopic (exact) mass is 244 g/mol. The fourth-order valence-corrected chi connectivity index (χ4v) is 4.08. The third kappa shape index (κ3) is 2.61. The van der Waals surface area contributed by atoms with Gasteiger partial charge in [0.25, 0.3) is 0 Å².